The molecule has 1 rings (SSSR count). The quantitative estimate of drug-likeness (QED) is 0.433. The summed E-state index contributed by atoms with van der Waals surface area (Å²) in [5.41, 5.74) is 25.1. The van der Waals surface area contributed by atoms with Crippen molar-refractivity contribution in [2.75, 3.05) is 0 Å². The fourth-order valence-corrected chi connectivity index (χ4v) is 1.12. The molecule has 0 saturated heterocycles. The van der Waals surface area contributed by atoms with Gasteiger partial charge in [0.2, 0.25) is 0 Å². The van der Waals surface area contributed by atoms with Crippen molar-refractivity contribution in [1.82, 2.24) is 10.7 Å². The molecule has 10 heteroatoms. The number of pyridine rings is 1. The Bertz CT molecular complexity index is 456. The molecule has 0 amide bonds. The summed E-state index contributed by atoms with van der Waals surface area (Å²) in [7, 11) is 0. The number of rotatable bonds is 2. The molecule has 1 aromatic rings. The van der Waals surface area contributed by atoms with Crippen LogP contribution in [0.15, 0.2) is 10.2 Å². The predicted octanol–water partition coefficient (Wildman–Crippen LogP) is 3.97. The molecule has 8 nitrogen and oxygen atoms in total. The van der Waals surface area contributed by atoms with Gasteiger partial charge in [-0.1, -0.05) is 23.2 Å². The summed E-state index contributed by atoms with van der Waals surface area (Å²) in [6.45, 7) is 0. The second kappa shape index (κ2) is 4.59. The monoisotopic (exact) mass is 242 g/mol. The lowest BCUT2D eigenvalue weighted by Crippen LogP contribution is -1.82. The van der Waals surface area contributed by atoms with Crippen LogP contribution in [-0.4, -0.2) is 4.98 Å². The summed E-state index contributed by atoms with van der Waals surface area (Å²) in [5, 5.41) is 5.55. The molecule has 0 atom stereocenters. The van der Waals surface area contributed by atoms with Crippen molar-refractivity contribution in [3.63, 3.8) is 0 Å². The normalized spacial score (nSPS) is 8.93. The average molecular weight is 243 g/mol. The third kappa shape index (κ3) is 2.15. The van der Waals surface area contributed by atoms with Gasteiger partial charge in [-0.3, -0.25) is 0 Å². The Morgan fingerprint density at radius 3 is 1.80 bits per heavy atom. The summed E-state index contributed by atoms with van der Waals surface area (Å²) < 4.78 is 0. The van der Waals surface area contributed by atoms with Crippen molar-refractivity contribution < 1.29 is 0 Å². The molecule has 0 fully saturated rings. The van der Waals surface area contributed by atoms with E-state index in [1.54, 1.807) is 0 Å². The van der Waals surface area contributed by atoms with Gasteiger partial charge in [0.1, 0.15) is 17.3 Å². The maximum absolute atomic E-state index is 9.35. The van der Waals surface area contributed by atoms with Crippen LogP contribution in [0.2, 0.25) is 10.0 Å². The Labute approximate surface area is 92.9 Å². The highest BCUT2D eigenvalue weighted by Crippen LogP contribution is 2.40. The number of aromatic nitrogens is 1. The molecule has 0 bridgehead atoms. The number of azide groups is 2. The van der Waals surface area contributed by atoms with E-state index in [0.29, 0.717) is 0 Å². The van der Waals surface area contributed by atoms with Gasteiger partial charge >= 0.3 is 0 Å². The number of nitrogens with zero attached hydrogens (tertiary/aromatic N) is 8. The molecule has 0 aliphatic heterocycles. The van der Waals surface area contributed by atoms with E-state index < -0.39 is 5.69 Å². The zero-order valence-corrected chi connectivity index (χ0v) is 8.35. The number of halogens is 2. The van der Waals surface area contributed by atoms with Crippen LogP contribution in [-0.2, 0) is 0 Å². The van der Waals surface area contributed by atoms with Crippen molar-refractivity contribution in [2.45, 2.75) is 0 Å². The molecule has 15 heavy (non-hydrogen) atoms. The van der Waals surface area contributed by atoms with Gasteiger partial charge < -0.3 is 0 Å². The van der Waals surface area contributed by atoms with Crippen LogP contribution in [0, 0.1) is 0 Å². The smallest absolute Gasteiger partial charge is 0.148 e. The van der Waals surface area contributed by atoms with Crippen molar-refractivity contribution >= 4 is 40.5 Å². The Balaban J connectivity index is 3.58. The Morgan fingerprint density at radius 1 is 1.07 bits per heavy atom. The first-order valence-electron chi connectivity index (χ1n) is 3.30. The molecule has 1 aromatic heterocycles. The molecule has 0 unspecified atom stereocenters. The Morgan fingerprint density at radius 2 is 1.47 bits per heavy atom. The SMILES string of the molecule is [N]c1c(Cl)c(N=[N+]=[N-])nc(N=[N+]=[N-])c1Cl. The molecule has 0 aromatic carbocycles. The highest BCUT2D eigenvalue weighted by atomic mass is 35.5. The molecule has 0 aliphatic carbocycles. The molecule has 74 valence electrons. The predicted molar refractivity (Wildman–Crippen MR) is 53.7 cm³/mol. The summed E-state index contributed by atoms with van der Waals surface area (Å²) >= 11 is 11.1. The fraction of sp³-hybridized carbons (Fsp3) is 0. The van der Waals surface area contributed by atoms with Crippen LogP contribution in [0.5, 0.6) is 0 Å². The molecule has 1 heterocycles. The number of hydrogen-bond acceptors (Lipinski definition) is 3. The molecule has 0 aliphatic rings. The minimum Gasteiger partial charge on any atom is -0.241 e. The fourth-order valence-electron chi connectivity index (χ4n) is 0.724. The van der Waals surface area contributed by atoms with Gasteiger partial charge in [-0.05, 0) is 21.3 Å². The van der Waals surface area contributed by atoms with E-state index in [2.05, 4.69) is 25.0 Å². The molecule has 0 saturated carbocycles. The first-order valence-corrected chi connectivity index (χ1v) is 4.05. The maximum atomic E-state index is 9.35. The first kappa shape index (κ1) is 11.2. The van der Waals surface area contributed by atoms with Crippen molar-refractivity contribution in [1.29, 1.82) is 0 Å². The third-order valence-corrected chi connectivity index (χ3v) is 2.00. The van der Waals surface area contributed by atoms with Crippen LogP contribution in [0.1, 0.15) is 0 Å². The van der Waals surface area contributed by atoms with Crippen LogP contribution >= 0.6 is 23.2 Å². The molecular weight excluding hydrogens is 243 g/mol. The van der Waals surface area contributed by atoms with Crippen molar-refractivity contribution in [3.8, 4) is 0 Å². The topological polar surface area (TPSA) is 133 Å². The molecule has 0 spiro atoms. The lowest BCUT2D eigenvalue weighted by Gasteiger charge is -2.03. The lowest BCUT2D eigenvalue weighted by atomic mass is 10.4. The van der Waals surface area contributed by atoms with Crippen LogP contribution < -0.4 is 5.73 Å². The largest absolute Gasteiger partial charge is 0.241 e. The van der Waals surface area contributed by atoms with Gasteiger partial charge in [-0.25, -0.2) is 4.98 Å². The van der Waals surface area contributed by atoms with Crippen LogP contribution in [0.25, 0.3) is 20.9 Å². The average Bonchev–Trinajstić information content (AvgIpc) is 2.22. The van der Waals surface area contributed by atoms with E-state index in [1.165, 1.54) is 0 Å². The third-order valence-electron chi connectivity index (χ3n) is 1.30. The zero-order chi connectivity index (χ0) is 11.4. The standard InChI is InChI=1S/C5Cl2N8/c6-1-3(8)2(7)5(13-15-10)11-4(1)12-14-9. The summed E-state index contributed by atoms with van der Waals surface area (Å²) in [4.78, 5) is 8.40. The van der Waals surface area contributed by atoms with E-state index in [4.69, 9.17) is 34.3 Å². The van der Waals surface area contributed by atoms with Gasteiger partial charge in [0.15, 0.2) is 0 Å². The van der Waals surface area contributed by atoms with E-state index in [9.17, 15) is 5.73 Å². The second-order valence-electron chi connectivity index (χ2n) is 2.11. The van der Waals surface area contributed by atoms with Gasteiger partial charge in [-0.15, -0.1) is 5.73 Å². The van der Waals surface area contributed by atoms with Gasteiger partial charge in [0, 0.05) is 9.82 Å². The van der Waals surface area contributed by atoms with Gasteiger partial charge in [-0.2, -0.15) is 0 Å². The van der Waals surface area contributed by atoms with Gasteiger partial charge in [0.25, 0.3) is 0 Å². The first-order chi connectivity index (χ1) is 7.11. The lowest BCUT2D eigenvalue weighted by molar-refractivity contribution is 1.21. The van der Waals surface area contributed by atoms with Crippen LogP contribution in [0.4, 0.5) is 17.3 Å². The minimum absolute atomic E-state index is 0.310. The van der Waals surface area contributed by atoms with E-state index in [0.717, 1.165) is 0 Å². The summed E-state index contributed by atoms with van der Waals surface area (Å²) in [6.07, 6.45) is 0. The summed E-state index contributed by atoms with van der Waals surface area (Å²) in [6, 6.07) is 0. The summed E-state index contributed by atoms with van der Waals surface area (Å²) in [5.74, 6) is -0.632. The van der Waals surface area contributed by atoms with Crippen molar-refractivity contribution in [2.24, 2.45) is 10.2 Å². The number of hydrogen-bond donors (Lipinski definition) is 0. The zero-order valence-electron chi connectivity index (χ0n) is 6.83. The van der Waals surface area contributed by atoms with Crippen LogP contribution in [0.3, 0.4) is 0 Å². The maximum Gasteiger partial charge on any atom is 0.148 e. The van der Waals surface area contributed by atoms with E-state index in [1.807, 2.05) is 0 Å². The minimum atomic E-state index is -0.557. The Hall–Kier alpha value is -1.85. The van der Waals surface area contributed by atoms with Crippen molar-refractivity contribution in [3.05, 3.63) is 30.9 Å². The van der Waals surface area contributed by atoms with E-state index >= 15 is 0 Å². The molecule has 2 radical (unpaired) electrons. The highest BCUT2D eigenvalue weighted by Gasteiger charge is 2.14. The Kier molecular flexibility index (Phi) is 3.43. The molecule has 0 N–H and O–H groups in total. The second-order valence-corrected chi connectivity index (χ2v) is 2.87. The van der Waals surface area contributed by atoms with Gasteiger partial charge in [0.05, 0.1) is 10.0 Å². The van der Waals surface area contributed by atoms with E-state index in [-0.39, 0.29) is 21.7 Å². The highest BCUT2D eigenvalue weighted by molar-refractivity contribution is 6.41. The molecular formula is C5Cl2N8.